The molecular weight excluding hydrogens is 262 g/mol. The van der Waals surface area contributed by atoms with E-state index in [4.69, 9.17) is 9.84 Å². The molecule has 15 heavy (non-hydrogen) atoms. The zero-order valence-electron chi connectivity index (χ0n) is 7.87. The van der Waals surface area contributed by atoms with Crippen LogP contribution in [0.2, 0.25) is 0 Å². The van der Waals surface area contributed by atoms with Crippen LogP contribution in [-0.4, -0.2) is 30.3 Å². The van der Waals surface area contributed by atoms with Crippen molar-refractivity contribution in [2.45, 2.75) is 6.10 Å². The monoisotopic (exact) mass is 271 g/mol. The number of rotatable bonds is 1. The van der Waals surface area contributed by atoms with Crippen LogP contribution in [-0.2, 0) is 0 Å². The Bertz CT molecular complexity index is 394. The Labute approximate surface area is 95.4 Å². The number of fused-ring (bicyclic) bond motifs is 1. The first-order valence-corrected chi connectivity index (χ1v) is 5.35. The van der Waals surface area contributed by atoms with Gasteiger partial charge in [-0.25, -0.2) is 0 Å². The number of ether oxygens (including phenoxy) is 1. The van der Waals surface area contributed by atoms with Crippen LogP contribution in [0.25, 0.3) is 0 Å². The second kappa shape index (κ2) is 4.20. The van der Waals surface area contributed by atoms with Gasteiger partial charge < -0.3 is 15.2 Å². The second-order valence-electron chi connectivity index (χ2n) is 3.27. The molecule has 0 aromatic heterocycles. The van der Waals surface area contributed by atoms with Gasteiger partial charge in [0.25, 0.3) is 5.91 Å². The minimum atomic E-state index is -0.385. The van der Waals surface area contributed by atoms with E-state index in [1.54, 1.807) is 18.2 Å². The van der Waals surface area contributed by atoms with Crippen molar-refractivity contribution in [1.82, 2.24) is 5.32 Å². The molecule has 0 spiro atoms. The molecule has 0 radical (unpaired) electrons. The lowest BCUT2D eigenvalue weighted by Crippen LogP contribution is -2.34. The van der Waals surface area contributed by atoms with Gasteiger partial charge in [0, 0.05) is 4.47 Å². The zero-order chi connectivity index (χ0) is 10.8. The highest BCUT2D eigenvalue weighted by molar-refractivity contribution is 9.10. The Morgan fingerprint density at radius 3 is 3.13 bits per heavy atom. The molecule has 1 aliphatic rings. The lowest BCUT2D eigenvalue weighted by Gasteiger charge is -2.13. The molecule has 0 aliphatic carbocycles. The number of halogens is 1. The van der Waals surface area contributed by atoms with E-state index < -0.39 is 0 Å². The summed E-state index contributed by atoms with van der Waals surface area (Å²) in [4.78, 5) is 11.6. The Kier molecular flexibility index (Phi) is 2.93. The predicted molar refractivity (Wildman–Crippen MR) is 58.0 cm³/mol. The van der Waals surface area contributed by atoms with Gasteiger partial charge >= 0.3 is 0 Å². The van der Waals surface area contributed by atoms with Crippen LogP contribution in [0.3, 0.4) is 0 Å². The van der Waals surface area contributed by atoms with Crippen LogP contribution in [0.1, 0.15) is 10.4 Å². The topological polar surface area (TPSA) is 58.6 Å². The average molecular weight is 272 g/mol. The van der Waals surface area contributed by atoms with E-state index in [9.17, 15) is 4.79 Å². The molecule has 1 aromatic carbocycles. The van der Waals surface area contributed by atoms with Crippen molar-refractivity contribution in [2.24, 2.45) is 0 Å². The molecule has 1 aliphatic heterocycles. The summed E-state index contributed by atoms with van der Waals surface area (Å²) in [7, 11) is 0. The summed E-state index contributed by atoms with van der Waals surface area (Å²) in [5.41, 5.74) is 0.495. The molecule has 2 rings (SSSR count). The largest absolute Gasteiger partial charge is 0.485 e. The molecular formula is C10H10BrNO3. The van der Waals surface area contributed by atoms with Crippen LogP contribution in [0.15, 0.2) is 22.7 Å². The summed E-state index contributed by atoms with van der Waals surface area (Å²) >= 11 is 3.30. The molecule has 1 unspecified atom stereocenters. The third-order valence-corrected chi connectivity index (χ3v) is 2.67. The lowest BCUT2D eigenvalue weighted by atomic mass is 10.2. The molecule has 1 heterocycles. The first-order chi connectivity index (χ1) is 7.20. The summed E-state index contributed by atoms with van der Waals surface area (Å²) in [5, 5.41) is 11.7. The molecule has 1 atom stereocenters. The van der Waals surface area contributed by atoms with Gasteiger partial charge in [-0.15, -0.1) is 0 Å². The third kappa shape index (κ3) is 2.13. The van der Waals surface area contributed by atoms with Crippen molar-refractivity contribution in [1.29, 1.82) is 0 Å². The molecule has 1 aromatic rings. The molecule has 0 bridgehead atoms. The first-order valence-electron chi connectivity index (χ1n) is 4.56. The summed E-state index contributed by atoms with van der Waals surface area (Å²) in [5.74, 6) is 0.326. The van der Waals surface area contributed by atoms with Crippen molar-refractivity contribution in [3.8, 4) is 5.75 Å². The van der Waals surface area contributed by atoms with Gasteiger partial charge in [0.15, 0.2) is 0 Å². The predicted octanol–water partition coefficient (Wildman–Crippen LogP) is 0.932. The van der Waals surface area contributed by atoms with Gasteiger partial charge in [0.1, 0.15) is 11.9 Å². The molecule has 80 valence electrons. The lowest BCUT2D eigenvalue weighted by molar-refractivity contribution is 0.0929. The fraction of sp³-hybridized carbons (Fsp3) is 0.300. The van der Waals surface area contributed by atoms with Crippen molar-refractivity contribution in [3.63, 3.8) is 0 Å². The highest BCUT2D eigenvalue weighted by Crippen LogP contribution is 2.26. The van der Waals surface area contributed by atoms with Crippen molar-refractivity contribution in [3.05, 3.63) is 28.2 Å². The Morgan fingerprint density at radius 1 is 1.60 bits per heavy atom. The highest BCUT2D eigenvalue weighted by atomic mass is 79.9. The summed E-state index contributed by atoms with van der Waals surface area (Å²) < 4.78 is 6.33. The Balaban J connectivity index is 2.40. The maximum Gasteiger partial charge on any atom is 0.255 e. The number of benzene rings is 1. The van der Waals surface area contributed by atoms with Crippen molar-refractivity contribution in [2.75, 3.05) is 13.2 Å². The van der Waals surface area contributed by atoms with Gasteiger partial charge in [-0.05, 0) is 18.2 Å². The van der Waals surface area contributed by atoms with Gasteiger partial charge in [0.2, 0.25) is 0 Å². The fourth-order valence-electron chi connectivity index (χ4n) is 1.41. The maximum absolute atomic E-state index is 11.6. The quantitative estimate of drug-likeness (QED) is 0.799. The van der Waals surface area contributed by atoms with E-state index in [2.05, 4.69) is 21.2 Å². The molecule has 0 saturated heterocycles. The smallest absolute Gasteiger partial charge is 0.255 e. The van der Waals surface area contributed by atoms with E-state index in [1.165, 1.54) is 0 Å². The van der Waals surface area contributed by atoms with Crippen LogP contribution in [0.4, 0.5) is 0 Å². The van der Waals surface area contributed by atoms with E-state index in [1.807, 2.05) is 0 Å². The summed E-state index contributed by atoms with van der Waals surface area (Å²) in [6.07, 6.45) is -0.385. The highest BCUT2D eigenvalue weighted by Gasteiger charge is 2.21. The van der Waals surface area contributed by atoms with Crippen LogP contribution < -0.4 is 10.1 Å². The zero-order valence-corrected chi connectivity index (χ0v) is 9.45. The molecule has 5 heteroatoms. The normalized spacial score (nSPS) is 19.9. The van der Waals surface area contributed by atoms with Crippen molar-refractivity contribution >= 4 is 21.8 Å². The number of carbonyl (C=O) groups is 1. The second-order valence-corrected chi connectivity index (χ2v) is 4.19. The van der Waals surface area contributed by atoms with Crippen LogP contribution in [0, 0.1) is 0 Å². The fourth-order valence-corrected chi connectivity index (χ4v) is 1.75. The number of carbonyl (C=O) groups excluding carboxylic acids is 1. The minimum absolute atomic E-state index is 0.119. The number of nitrogens with one attached hydrogen (secondary N) is 1. The molecule has 2 N–H and O–H groups in total. The van der Waals surface area contributed by atoms with Gasteiger partial charge in [-0.2, -0.15) is 0 Å². The average Bonchev–Trinajstić information content (AvgIpc) is 2.38. The first kappa shape index (κ1) is 10.4. The molecule has 0 saturated carbocycles. The minimum Gasteiger partial charge on any atom is -0.485 e. The summed E-state index contributed by atoms with van der Waals surface area (Å²) in [6.45, 7) is 0.202. The Hall–Kier alpha value is -1.07. The number of hydrogen-bond donors (Lipinski definition) is 2. The van der Waals surface area contributed by atoms with Gasteiger partial charge in [0.05, 0.1) is 18.7 Å². The maximum atomic E-state index is 11.6. The van der Waals surface area contributed by atoms with E-state index in [0.29, 0.717) is 17.9 Å². The SMILES string of the molecule is O=C1NCC(CO)Oc2cc(Br)ccc21. The van der Waals surface area contributed by atoms with E-state index >= 15 is 0 Å². The number of amides is 1. The summed E-state index contributed by atoms with van der Waals surface area (Å²) in [6, 6.07) is 5.19. The molecule has 1 amide bonds. The molecule has 4 nitrogen and oxygen atoms in total. The standard InChI is InChI=1S/C10H10BrNO3/c11-6-1-2-8-9(3-6)15-7(5-13)4-12-10(8)14/h1-3,7,13H,4-5H2,(H,12,14). The third-order valence-electron chi connectivity index (χ3n) is 2.18. The number of aliphatic hydroxyl groups excluding tert-OH is 1. The number of hydrogen-bond acceptors (Lipinski definition) is 3. The molecule has 0 fully saturated rings. The van der Waals surface area contributed by atoms with E-state index in [-0.39, 0.29) is 18.6 Å². The van der Waals surface area contributed by atoms with Gasteiger partial charge in [-0.1, -0.05) is 15.9 Å². The van der Waals surface area contributed by atoms with Crippen LogP contribution in [0.5, 0.6) is 5.75 Å². The van der Waals surface area contributed by atoms with Crippen molar-refractivity contribution < 1.29 is 14.6 Å². The Morgan fingerprint density at radius 2 is 2.40 bits per heavy atom. The van der Waals surface area contributed by atoms with E-state index in [0.717, 1.165) is 4.47 Å². The van der Waals surface area contributed by atoms with Crippen LogP contribution >= 0.6 is 15.9 Å². The number of aliphatic hydroxyl groups is 1. The van der Waals surface area contributed by atoms with Gasteiger partial charge in [-0.3, -0.25) is 4.79 Å².